The van der Waals surface area contributed by atoms with Gasteiger partial charge in [0.1, 0.15) is 6.54 Å². The third-order valence-corrected chi connectivity index (χ3v) is 4.60. The van der Waals surface area contributed by atoms with Crippen molar-refractivity contribution in [1.82, 2.24) is 19.3 Å². The van der Waals surface area contributed by atoms with Crippen LogP contribution in [0.2, 0.25) is 0 Å². The Morgan fingerprint density at radius 2 is 1.96 bits per heavy atom. The van der Waals surface area contributed by atoms with Crippen LogP contribution in [0, 0.1) is 0 Å². The van der Waals surface area contributed by atoms with Gasteiger partial charge in [-0.1, -0.05) is 24.2 Å². The van der Waals surface area contributed by atoms with Crippen LogP contribution in [0.1, 0.15) is 19.2 Å². The van der Waals surface area contributed by atoms with Crippen LogP contribution in [-0.2, 0) is 13.1 Å². The summed E-state index contributed by atoms with van der Waals surface area (Å²) in [5.41, 5.74) is 2.69. The van der Waals surface area contributed by atoms with Crippen LogP contribution in [-0.4, -0.2) is 19.3 Å². The average Bonchev–Trinajstić information content (AvgIpc) is 3.32. The molecule has 0 bridgehead atoms. The average molecular weight is 340 g/mol. The number of hydrogen-bond acceptors (Lipinski definition) is 5. The highest BCUT2D eigenvalue weighted by Gasteiger charge is 2.16. The molecule has 1 aromatic carbocycles. The summed E-state index contributed by atoms with van der Waals surface area (Å²) >= 11 is 1.58. The van der Waals surface area contributed by atoms with E-state index >= 15 is 0 Å². The van der Waals surface area contributed by atoms with Crippen molar-refractivity contribution in [3.05, 3.63) is 57.5 Å². The fraction of sp³-hybridized carbons (Fsp3) is 0.235. The van der Waals surface area contributed by atoms with Gasteiger partial charge < -0.3 is 4.52 Å². The Bertz CT molecular complexity index is 1030. The molecular formula is C17H16N4O2S. The SMILES string of the molecule is CCCn1c(=O)n(Cc2nc(-c3ccsc3)no2)c2ccccc21. The first-order valence-electron chi connectivity index (χ1n) is 7.81. The lowest BCUT2D eigenvalue weighted by atomic mass is 10.3. The summed E-state index contributed by atoms with van der Waals surface area (Å²) in [5, 5.41) is 7.94. The second-order valence-corrected chi connectivity index (χ2v) is 6.31. The largest absolute Gasteiger partial charge is 0.337 e. The van der Waals surface area contributed by atoms with E-state index < -0.39 is 0 Å². The monoisotopic (exact) mass is 340 g/mol. The Kier molecular flexibility index (Phi) is 3.78. The van der Waals surface area contributed by atoms with Gasteiger partial charge in [0.15, 0.2) is 0 Å². The Morgan fingerprint density at radius 1 is 1.17 bits per heavy atom. The quantitative estimate of drug-likeness (QED) is 0.559. The van der Waals surface area contributed by atoms with Gasteiger partial charge in [0, 0.05) is 17.5 Å². The molecule has 3 aromatic heterocycles. The van der Waals surface area contributed by atoms with E-state index in [1.54, 1.807) is 20.5 Å². The van der Waals surface area contributed by atoms with Crippen molar-refractivity contribution in [2.24, 2.45) is 0 Å². The molecule has 122 valence electrons. The van der Waals surface area contributed by atoms with E-state index in [1.807, 2.05) is 41.1 Å². The van der Waals surface area contributed by atoms with Crippen molar-refractivity contribution in [2.75, 3.05) is 0 Å². The molecule has 6 nitrogen and oxygen atoms in total. The van der Waals surface area contributed by atoms with E-state index in [2.05, 4.69) is 17.1 Å². The highest BCUT2D eigenvalue weighted by Crippen LogP contribution is 2.20. The lowest BCUT2D eigenvalue weighted by molar-refractivity contribution is 0.370. The van der Waals surface area contributed by atoms with Crippen LogP contribution in [0.5, 0.6) is 0 Å². The molecular weight excluding hydrogens is 324 g/mol. The fourth-order valence-electron chi connectivity index (χ4n) is 2.83. The Morgan fingerprint density at radius 3 is 2.67 bits per heavy atom. The molecule has 0 saturated heterocycles. The van der Waals surface area contributed by atoms with Crippen molar-refractivity contribution in [3.63, 3.8) is 0 Å². The van der Waals surface area contributed by atoms with Crippen LogP contribution < -0.4 is 5.69 Å². The third kappa shape index (κ3) is 2.46. The number of nitrogens with zero attached hydrogens (tertiary/aromatic N) is 4. The summed E-state index contributed by atoms with van der Waals surface area (Å²) in [6.45, 7) is 3.02. The highest BCUT2D eigenvalue weighted by molar-refractivity contribution is 7.08. The van der Waals surface area contributed by atoms with E-state index in [0.29, 0.717) is 18.3 Å². The number of benzene rings is 1. The minimum atomic E-state index is -0.0478. The molecule has 7 heteroatoms. The van der Waals surface area contributed by atoms with Crippen molar-refractivity contribution in [3.8, 4) is 11.4 Å². The number of rotatable bonds is 5. The molecule has 0 amide bonds. The maximum atomic E-state index is 12.8. The number of fused-ring (bicyclic) bond motifs is 1. The number of aryl methyl sites for hydroxylation is 1. The van der Waals surface area contributed by atoms with E-state index in [-0.39, 0.29) is 12.2 Å². The lowest BCUT2D eigenvalue weighted by Crippen LogP contribution is -2.24. The summed E-state index contributed by atoms with van der Waals surface area (Å²) in [7, 11) is 0. The van der Waals surface area contributed by atoms with Crippen molar-refractivity contribution >= 4 is 22.4 Å². The number of thiophene rings is 1. The van der Waals surface area contributed by atoms with E-state index in [4.69, 9.17) is 4.52 Å². The molecule has 4 rings (SSSR count). The van der Waals surface area contributed by atoms with Crippen molar-refractivity contribution in [1.29, 1.82) is 0 Å². The van der Waals surface area contributed by atoms with Gasteiger partial charge in [-0.05, 0) is 30.0 Å². The van der Waals surface area contributed by atoms with Crippen molar-refractivity contribution < 1.29 is 4.52 Å². The summed E-state index contributed by atoms with van der Waals surface area (Å²) < 4.78 is 8.83. The highest BCUT2D eigenvalue weighted by atomic mass is 32.1. The maximum Gasteiger partial charge on any atom is 0.329 e. The first-order valence-corrected chi connectivity index (χ1v) is 8.75. The predicted molar refractivity (Wildman–Crippen MR) is 93.2 cm³/mol. The van der Waals surface area contributed by atoms with Crippen LogP contribution in [0.25, 0.3) is 22.4 Å². The van der Waals surface area contributed by atoms with Crippen LogP contribution >= 0.6 is 11.3 Å². The normalized spacial score (nSPS) is 11.4. The zero-order valence-electron chi connectivity index (χ0n) is 13.2. The molecule has 0 atom stereocenters. The molecule has 0 saturated carbocycles. The Labute approximate surface area is 142 Å². The molecule has 4 aromatic rings. The molecule has 0 aliphatic rings. The topological polar surface area (TPSA) is 65.8 Å². The molecule has 0 aliphatic heterocycles. The third-order valence-electron chi connectivity index (χ3n) is 3.91. The Balaban J connectivity index is 1.75. The molecule has 0 radical (unpaired) electrons. The van der Waals surface area contributed by atoms with Crippen LogP contribution in [0.15, 0.2) is 50.4 Å². The van der Waals surface area contributed by atoms with Crippen LogP contribution in [0.4, 0.5) is 0 Å². The van der Waals surface area contributed by atoms with Gasteiger partial charge in [-0.2, -0.15) is 16.3 Å². The summed E-state index contributed by atoms with van der Waals surface area (Å²) in [4.78, 5) is 17.2. The van der Waals surface area contributed by atoms with Crippen molar-refractivity contribution in [2.45, 2.75) is 26.4 Å². The first kappa shape index (κ1) is 14.9. The van der Waals surface area contributed by atoms with Gasteiger partial charge in [0.05, 0.1) is 11.0 Å². The van der Waals surface area contributed by atoms with Gasteiger partial charge in [-0.15, -0.1) is 0 Å². The zero-order valence-corrected chi connectivity index (χ0v) is 14.0. The molecule has 24 heavy (non-hydrogen) atoms. The zero-order chi connectivity index (χ0) is 16.5. The minimum Gasteiger partial charge on any atom is -0.337 e. The van der Waals surface area contributed by atoms with Gasteiger partial charge in [0.25, 0.3) is 0 Å². The number of para-hydroxylation sites is 2. The van der Waals surface area contributed by atoms with Gasteiger partial charge in [0.2, 0.25) is 11.7 Å². The maximum absolute atomic E-state index is 12.8. The van der Waals surface area contributed by atoms with E-state index in [1.165, 1.54) is 0 Å². The molecule has 0 N–H and O–H groups in total. The summed E-state index contributed by atoms with van der Waals surface area (Å²) in [6, 6.07) is 9.73. The lowest BCUT2D eigenvalue weighted by Gasteiger charge is -1.98. The predicted octanol–water partition coefficient (Wildman–Crippen LogP) is 3.37. The van der Waals surface area contributed by atoms with E-state index in [0.717, 1.165) is 23.0 Å². The standard InChI is InChI=1S/C17H16N4O2S/c1-2-8-20-13-5-3-4-6-14(13)21(17(20)22)10-15-18-16(19-23-15)12-7-9-24-11-12/h3-7,9,11H,2,8,10H2,1H3. The molecule has 0 aliphatic carbocycles. The smallest absolute Gasteiger partial charge is 0.329 e. The fourth-order valence-corrected chi connectivity index (χ4v) is 3.46. The molecule has 0 fully saturated rings. The number of aromatic nitrogens is 4. The van der Waals surface area contributed by atoms with Gasteiger partial charge in [-0.25, -0.2) is 4.79 Å². The molecule has 3 heterocycles. The van der Waals surface area contributed by atoms with Crippen LogP contribution in [0.3, 0.4) is 0 Å². The molecule has 0 unspecified atom stereocenters. The molecule has 0 spiro atoms. The van der Waals surface area contributed by atoms with E-state index in [9.17, 15) is 4.79 Å². The Hall–Kier alpha value is -2.67. The number of hydrogen-bond donors (Lipinski definition) is 0. The summed E-state index contributed by atoms with van der Waals surface area (Å²) in [5.74, 6) is 0.981. The number of imidazole rings is 1. The summed E-state index contributed by atoms with van der Waals surface area (Å²) in [6.07, 6.45) is 0.900. The minimum absolute atomic E-state index is 0.0478. The first-order chi connectivity index (χ1) is 11.8. The van der Waals surface area contributed by atoms with Gasteiger partial charge in [-0.3, -0.25) is 9.13 Å². The second-order valence-electron chi connectivity index (χ2n) is 5.53. The second kappa shape index (κ2) is 6.09. The van der Waals surface area contributed by atoms with Gasteiger partial charge >= 0.3 is 5.69 Å².